The molecule has 18 heavy (non-hydrogen) atoms. The van der Waals surface area contributed by atoms with Crippen LogP contribution in [-0.2, 0) is 9.59 Å². The van der Waals surface area contributed by atoms with E-state index in [4.69, 9.17) is 0 Å². The minimum Gasteiger partial charge on any atom is -0.393 e. The second kappa shape index (κ2) is 5.00. The summed E-state index contributed by atoms with van der Waals surface area (Å²) in [4.78, 5) is 25.7. The van der Waals surface area contributed by atoms with Crippen LogP contribution >= 0.6 is 0 Å². The number of nitrogens with zero attached hydrogens (tertiary/aromatic N) is 1. The molecular weight excluding hydrogens is 230 g/mol. The average molecular weight is 253 g/mol. The maximum atomic E-state index is 12.1. The Morgan fingerprint density at radius 2 is 1.67 bits per heavy atom. The fourth-order valence-electron chi connectivity index (χ4n) is 3.10. The van der Waals surface area contributed by atoms with Gasteiger partial charge < -0.3 is 5.11 Å². The topological polar surface area (TPSA) is 57.6 Å². The summed E-state index contributed by atoms with van der Waals surface area (Å²) in [6, 6.07) is 0. The number of carbonyl (C=O) groups excluding carboxylic acids is 2. The Kier molecular flexibility index (Phi) is 3.76. The number of hydrogen-bond acceptors (Lipinski definition) is 3. The second-order valence-electron chi connectivity index (χ2n) is 5.95. The van der Waals surface area contributed by atoms with E-state index >= 15 is 0 Å². The Morgan fingerprint density at radius 3 is 2.06 bits per heavy atom. The molecule has 2 fully saturated rings. The van der Waals surface area contributed by atoms with Gasteiger partial charge in [-0.1, -0.05) is 13.8 Å². The lowest BCUT2D eigenvalue weighted by molar-refractivity contribution is -0.156. The number of amides is 2. The van der Waals surface area contributed by atoms with Crippen LogP contribution in [-0.4, -0.2) is 34.5 Å². The van der Waals surface area contributed by atoms with Gasteiger partial charge in [0.2, 0.25) is 11.8 Å². The molecular formula is C14H23NO3. The van der Waals surface area contributed by atoms with Crippen LogP contribution in [0.2, 0.25) is 0 Å². The van der Waals surface area contributed by atoms with Crippen LogP contribution < -0.4 is 0 Å². The van der Waals surface area contributed by atoms with E-state index < -0.39 is 0 Å². The van der Waals surface area contributed by atoms with Gasteiger partial charge in [-0.15, -0.1) is 0 Å². The minimum absolute atomic E-state index is 0.0173. The molecule has 1 aliphatic heterocycles. The quantitative estimate of drug-likeness (QED) is 0.776. The highest BCUT2D eigenvalue weighted by Crippen LogP contribution is 2.40. The van der Waals surface area contributed by atoms with Gasteiger partial charge in [-0.05, 0) is 37.0 Å². The molecule has 1 saturated carbocycles. The van der Waals surface area contributed by atoms with E-state index in [1.807, 2.05) is 0 Å². The Bertz CT molecular complexity index is 323. The van der Waals surface area contributed by atoms with Gasteiger partial charge >= 0.3 is 0 Å². The molecule has 2 rings (SSSR count). The van der Waals surface area contributed by atoms with Crippen molar-refractivity contribution >= 4 is 11.8 Å². The van der Waals surface area contributed by atoms with Gasteiger partial charge in [0.05, 0.1) is 6.10 Å². The monoisotopic (exact) mass is 253 g/mol. The van der Waals surface area contributed by atoms with Crippen molar-refractivity contribution in [3.05, 3.63) is 0 Å². The normalized spacial score (nSPS) is 31.4. The summed E-state index contributed by atoms with van der Waals surface area (Å²) in [7, 11) is 0. The van der Waals surface area contributed by atoms with E-state index in [1.54, 1.807) is 0 Å². The summed E-state index contributed by atoms with van der Waals surface area (Å²) in [5.74, 6) is 0.274. The molecule has 1 N–H and O–H groups in total. The first kappa shape index (κ1) is 13.5. The summed E-state index contributed by atoms with van der Waals surface area (Å²) >= 11 is 0. The molecule has 2 amide bonds. The first-order valence-corrected chi connectivity index (χ1v) is 7.01. The summed E-state index contributed by atoms with van der Waals surface area (Å²) < 4.78 is 0. The molecule has 0 aromatic carbocycles. The van der Waals surface area contributed by atoms with Crippen molar-refractivity contribution in [2.75, 3.05) is 6.54 Å². The van der Waals surface area contributed by atoms with Crippen molar-refractivity contribution in [1.29, 1.82) is 0 Å². The maximum absolute atomic E-state index is 12.1. The van der Waals surface area contributed by atoms with E-state index in [-0.39, 0.29) is 23.3 Å². The highest BCUT2D eigenvalue weighted by molar-refractivity contribution is 5.98. The van der Waals surface area contributed by atoms with Crippen LogP contribution in [0, 0.1) is 11.3 Å². The Labute approximate surface area is 108 Å². The lowest BCUT2D eigenvalue weighted by Crippen LogP contribution is -2.51. The number of aliphatic hydroxyl groups excluding tert-OH is 1. The first-order valence-electron chi connectivity index (χ1n) is 7.01. The molecule has 1 aliphatic carbocycles. The highest BCUT2D eigenvalue weighted by Gasteiger charge is 2.42. The van der Waals surface area contributed by atoms with Crippen LogP contribution in [0.5, 0.6) is 0 Å². The smallest absolute Gasteiger partial charge is 0.229 e. The maximum Gasteiger partial charge on any atom is 0.229 e. The molecule has 2 aliphatic rings. The Balaban J connectivity index is 1.98. The third-order valence-corrected chi connectivity index (χ3v) is 4.81. The van der Waals surface area contributed by atoms with Crippen molar-refractivity contribution in [3.8, 4) is 0 Å². The van der Waals surface area contributed by atoms with Crippen LogP contribution in [0.25, 0.3) is 0 Å². The fraction of sp³-hybridized carbons (Fsp3) is 0.857. The van der Waals surface area contributed by atoms with Crippen molar-refractivity contribution in [1.82, 2.24) is 4.90 Å². The van der Waals surface area contributed by atoms with E-state index in [0.29, 0.717) is 25.3 Å². The molecule has 0 aromatic heterocycles. The number of aliphatic hydroxyl groups is 1. The molecule has 0 aromatic rings. The molecule has 0 unspecified atom stereocenters. The van der Waals surface area contributed by atoms with Crippen molar-refractivity contribution in [2.45, 2.75) is 58.5 Å². The molecule has 0 atom stereocenters. The van der Waals surface area contributed by atoms with Gasteiger partial charge in [0.15, 0.2) is 0 Å². The predicted molar refractivity (Wildman–Crippen MR) is 67.7 cm³/mol. The summed E-state index contributed by atoms with van der Waals surface area (Å²) in [5, 5.41) is 9.25. The van der Waals surface area contributed by atoms with Crippen molar-refractivity contribution in [2.24, 2.45) is 11.3 Å². The van der Waals surface area contributed by atoms with Gasteiger partial charge in [-0.3, -0.25) is 14.5 Å². The number of likely N-dealkylation sites (tertiary alicyclic amines) is 1. The van der Waals surface area contributed by atoms with E-state index in [0.717, 1.165) is 25.7 Å². The predicted octanol–water partition coefficient (Wildman–Crippen LogP) is 1.71. The zero-order chi connectivity index (χ0) is 13.3. The molecule has 1 saturated heterocycles. The first-order chi connectivity index (χ1) is 8.49. The number of carbonyl (C=O) groups is 2. The molecule has 4 heteroatoms. The molecule has 0 radical (unpaired) electrons. The fourth-order valence-corrected chi connectivity index (χ4v) is 3.10. The largest absolute Gasteiger partial charge is 0.393 e. The molecule has 102 valence electrons. The highest BCUT2D eigenvalue weighted by atomic mass is 16.3. The van der Waals surface area contributed by atoms with E-state index in [1.165, 1.54) is 4.90 Å². The van der Waals surface area contributed by atoms with Crippen LogP contribution in [0.4, 0.5) is 0 Å². The standard InChI is InChI=1S/C14H23NO3/c1-3-14(4-2)7-12(17)15(13(18)8-14)9-10-5-11(16)6-10/h10-11,16H,3-9H2,1-2H3. The molecule has 0 spiro atoms. The number of imide groups is 1. The molecule has 4 nitrogen and oxygen atoms in total. The summed E-state index contributed by atoms with van der Waals surface area (Å²) in [6.45, 7) is 4.63. The van der Waals surface area contributed by atoms with E-state index in [9.17, 15) is 14.7 Å². The summed E-state index contributed by atoms with van der Waals surface area (Å²) in [6.07, 6.45) is 4.00. The van der Waals surface area contributed by atoms with Gasteiger partial charge in [0.1, 0.15) is 0 Å². The van der Waals surface area contributed by atoms with Crippen LogP contribution in [0.3, 0.4) is 0 Å². The van der Waals surface area contributed by atoms with E-state index in [2.05, 4.69) is 13.8 Å². The zero-order valence-corrected chi connectivity index (χ0v) is 11.3. The van der Waals surface area contributed by atoms with Gasteiger partial charge in [0.25, 0.3) is 0 Å². The lowest BCUT2D eigenvalue weighted by Gasteiger charge is -2.42. The van der Waals surface area contributed by atoms with Gasteiger partial charge in [-0.2, -0.15) is 0 Å². The Morgan fingerprint density at radius 1 is 1.17 bits per heavy atom. The third kappa shape index (κ3) is 2.44. The molecule has 1 heterocycles. The number of hydrogen-bond donors (Lipinski definition) is 1. The second-order valence-corrected chi connectivity index (χ2v) is 5.95. The summed E-state index contributed by atoms with van der Waals surface area (Å²) in [5.41, 5.74) is -0.107. The minimum atomic E-state index is -0.227. The Hall–Kier alpha value is -0.900. The lowest BCUT2D eigenvalue weighted by atomic mass is 9.73. The average Bonchev–Trinajstić information content (AvgIpc) is 2.30. The molecule has 0 bridgehead atoms. The number of piperidine rings is 1. The van der Waals surface area contributed by atoms with Crippen LogP contribution in [0.15, 0.2) is 0 Å². The SMILES string of the molecule is CCC1(CC)CC(=O)N(CC2CC(O)C2)C(=O)C1. The van der Waals surface area contributed by atoms with Gasteiger partial charge in [-0.25, -0.2) is 0 Å². The van der Waals surface area contributed by atoms with Crippen molar-refractivity contribution in [3.63, 3.8) is 0 Å². The van der Waals surface area contributed by atoms with Gasteiger partial charge in [0, 0.05) is 19.4 Å². The zero-order valence-electron chi connectivity index (χ0n) is 11.3. The third-order valence-electron chi connectivity index (χ3n) is 4.81. The number of rotatable bonds is 4. The van der Waals surface area contributed by atoms with Crippen LogP contribution in [0.1, 0.15) is 52.4 Å². The van der Waals surface area contributed by atoms with Crippen molar-refractivity contribution < 1.29 is 14.7 Å².